The van der Waals surface area contributed by atoms with Crippen molar-refractivity contribution in [3.05, 3.63) is 51.1 Å². The van der Waals surface area contributed by atoms with E-state index in [0.29, 0.717) is 0 Å². The maximum atomic E-state index is 5.38. The van der Waals surface area contributed by atoms with Gasteiger partial charge in [0.05, 0.1) is 6.54 Å². The van der Waals surface area contributed by atoms with Crippen molar-refractivity contribution >= 4 is 50.3 Å². The fourth-order valence-electron chi connectivity index (χ4n) is 1.49. The summed E-state index contributed by atoms with van der Waals surface area (Å²) in [6, 6.07) is 12.1. The van der Waals surface area contributed by atoms with Crippen LogP contribution in [0.2, 0.25) is 0 Å². The summed E-state index contributed by atoms with van der Waals surface area (Å²) in [5.41, 5.74) is 0.993. The van der Waals surface area contributed by atoms with E-state index in [1.807, 2.05) is 36.2 Å². The predicted molar refractivity (Wildman–Crippen MR) is 86.1 cm³/mol. The minimum absolute atomic E-state index is 0.724. The van der Waals surface area contributed by atoms with Crippen molar-refractivity contribution in [3.63, 3.8) is 0 Å². The van der Waals surface area contributed by atoms with Gasteiger partial charge in [0.25, 0.3) is 0 Å². The number of rotatable bonds is 3. The molecule has 0 fully saturated rings. The maximum absolute atomic E-state index is 5.38. The molecule has 1 aromatic carbocycles. The molecule has 2 aromatic rings. The van der Waals surface area contributed by atoms with Crippen molar-refractivity contribution in [2.75, 3.05) is 12.4 Å². The fraction of sp³-hybridized carbons (Fsp3) is 0.154. The average Bonchev–Trinajstić information content (AvgIpc) is 2.81. The first-order valence-corrected chi connectivity index (χ1v) is 7.53. The number of hydrogen-bond donors (Lipinski definition) is 1. The first kappa shape index (κ1) is 13.5. The van der Waals surface area contributed by atoms with Gasteiger partial charge in [-0.3, -0.25) is 0 Å². The molecule has 0 spiro atoms. The van der Waals surface area contributed by atoms with E-state index < -0.39 is 0 Å². The Morgan fingerprint density at radius 3 is 2.89 bits per heavy atom. The second kappa shape index (κ2) is 6.31. The van der Waals surface area contributed by atoms with E-state index in [1.54, 1.807) is 11.3 Å². The van der Waals surface area contributed by atoms with E-state index >= 15 is 0 Å². The summed E-state index contributed by atoms with van der Waals surface area (Å²) >= 11 is 10.6. The van der Waals surface area contributed by atoms with Gasteiger partial charge in [0.15, 0.2) is 5.11 Å². The third-order valence-corrected chi connectivity index (χ3v) is 4.16. The number of thiocarbonyl (C=S) groups is 1. The molecule has 0 amide bonds. The van der Waals surface area contributed by atoms with Crippen molar-refractivity contribution in [2.24, 2.45) is 0 Å². The Kier molecular flexibility index (Phi) is 4.74. The lowest BCUT2D eigenvalue weighted by Gasteiger charge is -2.20. The van der Waals surface area contributed by atoms with Crippen LogP contribution >= 0.6 is 39.5 Å². The molecule has 0 aliphatic heterocycles. The molecule has 0 saturated heterocycles. The van der Waals surface area contributed by atoms with Crippen molar-refractivity contribution in [3.8, 4) is 0 Å². The van der Waals surface area contributed by atoms with E-state index in [-0.39, 0.29) is 0 Å². The zero-order chi connectivity index (χ0) is 13.0. The van der Waals surface area contributed by atoms with Crippen LogP contribution in [0.1, 0.15) is 4.88 Å². The summed E-state index contributed by atoms with van der Waals surface area (Å²) in [5.74, 6) is 0. The zero-order valence-corrected chi connectivity index (χ0v) is 13.1. The highest BCUT2D eigenvalue weighted by Gasteiger charge is 2.06. The van der Waals surface area contributed by atoms with Crippen molar-refractivity contribution in [2.45, 2.75) is 6.54 Å². The Bertz CT molecular complexity index is 526. The van der Waals surface area contributed by atoms with Crippen molar-refractivity contribution < 1.29 is 0 Å². The Morgan fingerprint density at radius 1 is 1.39 bits per heavy atom. The molecular formula is C13H13BrN2S2. The first-order valence-electron chi connectivity index (χ1n) is 5.45. The molecular weight excluding hydrogens is 328 g/mol. The van der Waals surface area contributed by atoms with Crippen LogP contribution in [-0.4, -0.2) is 17.1 Å². The second-order valence-corrected chi connectivity index (χ2v) is 6.21. The largest absolute Gasteiger partial charge is 0.347 e. The maximum Gasteiger partial charge on any atom is 0.173 e. The van der Waals surface area contributed by atoms with Crippen LogP contribution in [0.15, 0.2) is 46.3 Å². The Morgan fingerprint density at radius 2 is 2.22 bits per heavy atom. The van der Waals surface area contributed by atoms with Crippen LogP contribution in [0.5, 0.6) is 0 Å². The summed E-state index contributed by atoms with van der Waals surface area (Å²) in [6.07, 6.45) is 0. The molecule has 0 aliphatic carbocycles. The van der Waals surface area contributed by atoms with Crippen molar-refractivity contribution in [1.29, 1.82) is 0 Å². The smallest absolute Gasteiger partial charge is 0.173 e. The lowest BCUT2D eigenvalue weighted by atomic mass is 10.3. The molecule has 94 valence electrons. The molecule has 1 heterocycles. The first-order chi connectivity index (χ1) is 8.65. The molecule has 0 saturated carbocycles. The Labute approximate surface area is 125 Å². The van der Waals surface area contributed by atoms with Crippen LogP contribution < -0.4 is 5.32 Å². The number of nitrogens with zero attached hydrogens (tertiary/aromatic N) is 1. The third-order valence-electron chi connectivity index (χ3n) is 2.40. The lowest BCUT2D eigenvalue weighted by molar-refractivity contribution is 0.514. The Balaban J connectivity index is 1.95. The van der Waals surface area contributed by atoms with E-state index in [9.17, 15) is 0 Å². The molecule has 2 rings (SSSR count). The van der Waals surface area contributed by atoms with Gasteiger partial charge in [-0.2, -0.15) is 0 Å². The molecule has 0 unspecified atom stereocenters. The van der Waals surface area contributed by atoms with Crippen LogP contribution in [0.25, 0.3) is 0 Å². The summed E-state index contributed by atoms with van der Waals surface area (Å²) in [5, 5.41) is 6.03. The second-order valence-electron chi connectivity index (χ2n) is 3.88. The van der Waals surface area contributed by atoms with Gasteiger partial charge >= 0.3 is 0 Å². The van der Waals surface area contributed by atoms with Gasteiger partial charge < -0.3 is 10.2 Å². The minimum atomic E-state index is 0.724. The van der Waals surface area contributed by atoms with E-state index in [4.69, 9.17) is 12.2 Å². The molecule has 18 heavy (non-hydrogen) atoms. The highest BCUT2D eigenvalue weighted by atomic mass is 79.9. The molecule has 0 radical (unpaired) electrons. The van der Waals surface area contributed by atoms with Gasteiger partial charge in [-0.05, 0) is 41.9 Å². The Hall–Kier alpha value is -0.910. The van der Waals surface area contributed by atoms with Crippen LogP contribution in [0.3, 0.4) is 0 Å². The van der Waals surface area contributed by atoms with Crippen LogP contribution in [0.4, 0.5) is 5.69 Å². The van der Waals surface area contributed by atoms with Gasteiger partial charge in [0.2, 0.25) is 0 Å². The number of anilines is 1. The predicted octanol–water partition coefficient (Wildman–Crippen LogP) is 4.34. The molecule has 2 nitrogen and oxygen atoms in total. The van der Waals surface area contributed by atoms with Gasteiger partial charge in [-0.15, -0.1) is 11.3 Å². The van der Waals surface area contributed by atoms with Crippen LogP contribution in [0, 0.1) is 0 Å². The monoisotopic (exact) mass is 340 g/mol. The topological polar surface area (TPSA) is 15.3 Å². The van der Waals surface area contributed by atoms with Gasteiger partial charge in [0.1, 0.15) is 0 Å². The molecule has 1 N–H and O–H groups in total. The van der Waals surface area contributed by atoms with E-state index in [1.165, 1.54) is 4.88 Å². The SMILES string of the molecule is CN(Cc1cccs1)C(=S)Nc1cccc(Br)c1. The third kappa shape index (κ3) is 3.80. The summed E-state index contributed by atoms with van der Waals surface area (Å²) in [4.78, 5) is 3.33. The van der Waals surface area contributed by atoms with E-state index in [2.05, 4.69) is 38.8 Å². The highest BCUT2D eigenvalue weighted by Crippen LogP contribution is 2.17. The number of halogens is 1. The minimum Gasteiger partial charge on any atom is -0.347 e. The van der Waals surface area contributed by atoms with Gasteiger partial charge in [-0.25, -0.2) is 0 Å². The average molecular weight is 341 g/mol. The molecule has 0 aliphatic rings. The lowest BCUT2D eigenvalue weighted by Crippen LogP contribution is -2.30. The van der Waals surface area contributed by atoms with Crippen LogP contribution in [-0.2, 0) is 6.54 Å². The number of hydrogen-bond acceptors (Lipinski definition) is 2. The number of thiophene rings is 1. The standard InChI is InChI=1S/C13H13BrN2S2/c1-16(9-12-6-3-7-18-12)13(17)15-11-5-2-4-10(14)8-11/h2-8H,9H2,1H3,(H,15,17). The van der Waals surface area contributed by atoms with E-state index in [0.717, 1.165) is 21.8 Å². The summed E-state index contributed by atoms with van der Waals surface area (Å²) in [6.45, 7) is 0.831. The zero-order valence-electron chi connectivity index (χ0n) is 9.89. The van der Waals surface area contributed by atoms with Gasteiger partial charge in [0, 0.05) is 22.1 Å². The summed E-state index contributed by atoms with van der Waals surface area (Å²) < 4.78 is 1.04. The number of nitrogens with one attached hydrogen (secondary N) is 1. The molecule has 1 aromatic heterocycles. The van der Waals surface area contributed by atoms with Crippen molar-refractivity contribution in [1.82, 2.24) is 4.90 Å². The fourth-order valence-corrected chi connectivity index (χ4v) is 2.83. The molecule has 5 heteroatoms. The quantitative estimate of drug-likeness (QED) is 0.836. The van der Waals surface area contributed by atoms with Gasteiger partial charge in [-0.1, -0.05) is 28.1 Å². The normalized spacial score (nSPS) is 10.1. The highest BCUT2D eigenvalue weighted by molar-refractivity contribution is 9.10. The molecule has 0 atom stereocenters. The molecule has 0 bridgehead atoms. The summed E-state index contributed by atoms with van der Waals surface area (Å²) in [7, 11) is 1.99. The number of benzene rings is 1.